The van der Waals surface area contributed by atoms with Crippen molar-refractivity contribution in [2.24, 2.45) is 0 Å². The van der Waals surface area contributed by atoms with Gasteiger partial charge in [-0.1, -0.05) is 60.7 Å². The highest BCUT2D eigenvalue weighted by atomic mass is 32.1. The maximum Gasteiger partial charge on any atom is 0.118 e. The van der Waals surface area contributed by atoms with E-state index in [9.17, 15) is 5.11 Å². The van der Waals surface area contributed by atoms with Gasteiger partial charge in [0.25, 0.3) is 0 Å². The third kappa shape index (κ3) is 3.13. The first-order chi connectivity index (χ1) is 11.1. The summed E-state index contributed by atoms with van der Waals surface area (Å²) >= 11 is 4.90. The number of aryl methyl sites for hydroxylation is 2. The highest BCUT2D eigenvalue weighted by Gasteiger charge is 2.17. The minimum atomic E-state index is -0.0364. The molecule has 0 saturated carbocycles. The lowest BCUT2D eigenvalue weighted by molar-refractivity contribution is 0.470. The molecule has 0 spiro atoms. The number of benzene rings is 3. The predicted molar refractivity (Wildman–Crippen MR) is 100 cm³/mol. The zero-order valence-electron chi connectivity index (χ0n) is 13.3. The van der Waals surface area contributed by atoms with Crippen LogP contribution in [0.25, 0.3) is 11.1 Å². The van der Waals surface area contributed by atoms with E-state index in [-0.39, 0.29) is 5.25 Å². The Morgan fingerprint density at radius 3 is 2.17 bits per heavy atom. The molecule has 0 bridgehead atoms. The van der Waals surface area contributed by atoms with E-state index in [0.29, 0.717) is 5.75 Å². The molecule has 1 N–H and O–H groups in total. The first-order valence-electron chi connectivity index (χ1n) is 7.70. The summed E-state index contributed by atoms with van der Waals surface area (Å²) in [6.07, 6.45) is 0. The Balaban J connectivity index is 2.11. The van der Waals surface area contributed by atoms with E-state index in [0.717, 1.165) is 16.7 Å². The third-order valence-electron chi connectivity index (χ3n) is 4.22. The fourth-order valence-corrected chi connectivity index (χ4v) is 3.40. The number of hydrogen-bond acceptors (Lipinski definition) is 2. The Morgan fingerprint density at radius 2 is 1.43 bits per heavy atom. The topological polar surface area (TPSA) is 20.2 Å². The molecule has 0 saturated heterocycles. The van der Waals surface area contributed by atoms with Crippen molar-refractivity contribution >= 4 is 12.6 Å². The molecule has 0 fully saturated rings. The van der Waals surface area contributed by atoms with Gasteiger partial charge in [-0.25, -0.2) is 0 Å². The van der Waals surface area contributed by atoms with Crippen LogP contribution in [0.3, 0.4) is 0 Å². The van der Waals surface area contributed by atoms with Crippen molar-refractivity contribution in [1.29, 1.82) is 0 Å². The Kier molecular flexibility index (Phi) is 4.44. The van der Waals surface area contributed by atoms with Gasteiger partial charge in [0.1, 0.15) is 5.75 Å². The second-order valence-electron chi connectivity index (χ2n) is 5.85. The molecule has 1 atom stereocenters. The molecular formula is C21H20OS. The third-order valence-corrected chi connectivity index (χ3v) is 4.78. The van der Waals surface area contributed by atoms with Crippen LogP contribution in [-0.4, -0.2) is 5.11 Å². The molecule has 3 aromatic carbocycles. The average molecular weight is 320 g/mol. The molecule has 0 aliphatic heterocycles. The number of hydrogen-bond donors (Lipinski definition) is 2. The molecule has 1 unspecified atom stereocenters. The van der Waals surface area contributed by atoms with Gasteiger partial charge in [0, 0.05) is 0 Å². The Bertz CT molecular complexity index is 825. The molecule has 2 heteroatoms. The van der Waals surface area contributed by atoms with Gasteiger partial charge in [0.15, 0.2) is 0 Å². The van der Waals surface area contributed by atoms with Gasteiger partial charge in [-0.2, -0.15) is 12.6 Å². The number of rotatable bonds is 3. The van der Waals surface area contributed by atoms with E-state index in [4.69, 9.17) is 12.6 Å². The lowest BCUT2D eigenvalue weighted by atomic mass is 9.92. The SMILES string of the molecule is Cc1cc(C(S)c2ccccc2-c2ccccc2)c(C)cc1O. The summed E-state index contributed by atoms with van der Waals surface area (Å²) < 4.78 is 0. The van der Waals surface area contributed by atoms with Gasteiger partial charge >= 0.3 is 0 Å². The maximum atomic E-state index is 9.88. The van der Waals surface area contributed by atoms with Crippen molar-refractivity contribution in [3.63, 3.8) is 0 Å². The summed E-state index contributed by atoms with van der Waals surface area (Å²) in [6.45, 7) is 3.94. The van der Waals surface area contributed by atoms with Crippen molar-refractivity contribution in [1.82, 2.24) is 0 Å². The summed E-state index contributed by atoms with van der Waals surface area (Å²) in [7, 11) is 0. The van der Waals surface area contributed by atoms with E-state index in [1.807, 2.05) is 38.1 Å². The predicted octanol–water partition coefficient (Wildman–Crippen LogP) is 5.70. The van der Waals surface area contributed by atoms with Crippen LogP contribution in [0.2, 0.25) is 0 Å². The van der Waals surface area contributed by atoms with Gasteiger partial charge in [-0.05, 0) is 53.3 Å². The Morgan fingerprint density at radius 1 is 0.783 bits per heavy atom. The maximum absolute atomic E-state index is 9.88. The van der Waals surface area contributed by atoms with Crippen LogP contribution in [0, 0.1) is 13.8 Å². The summed E-state index contributed by atoms with van der Waals surface area (Å²) in [5.41, 5.74) is 6.62. The molecule has 0 aliphatic rings. The lowest BCUT2D eigenvalue weighted by Crippen LogP contribution is -2.00. The Labute approximate surface area is 143 Å². The van der Waals surface area contributed by atoms with Crippen LogP contribution in [0.15, 0.2) is 66.7 Å². The minimum absolute atomic E-state index is 0.0364. The number of aromatic hydroxyl groups is 1. The smallest absolute Gasteiger partial charge is 0.118 e. The molecule has 116 valence electrons. The average Bonchev–Trinajstić information content (AvgIpc) is 2.58. The minimum Gasteiger partial charge on any atom is -0.508 e. The summed E-state index contributed by atoms with van der Waals surface area (Å²) in [6, 6.07) is 22.6. The standard InChI is InChI=1S/C21H20OS/c1-14-13-20(22)15(2)12-19(14)21(23)18-11-7-6-10-17(18)16-8-4-3-5-9-16/h3-13,21-23H,1-2H3. The van der Waals surface area contributed by atoms with Crippen LogP contribution in [0.1, 0.15) is 27.5 Å². The number of phenols is 1. The Hall–Kier alpha value is -2.19. The monoisotopic (exact) mass is 320 g/mol. The van der Waals surface area contributed by atoms with Gasteiger partial charge < -0.3 is 5.11 Å². The first-order valence-corrected chi connectivity index (χ1v) is 8.22. The molecule has 0 aromatic heterocycles. The summed E-state index contributed by atoms with van der Waals surface area (Å²) in [4.78, 5) is 0. The van der Waals surface area contributed by atoms with E-state index >= 15 is 0 Å². The zero-order valence-corrected chi connectivity index (χ0v) is 14.2. The molecule has 23 heavy (non-hydrogen) atoms. The first kappa shape index (κ1) is 15.7. The van der Waals surface area contributed by atoms with Crippen molar-refractivity contribution in [3.05, 3.63) is 89.0 Å². The van der Waals surface area contributed by atoms with E-state index in [2.05, 4.69) is 42.5 Å². The van der Waals surface area contributed by atoms with Gasteiger partial charge in [0.05, 0.1) is 5.25 Å². The summed E-state index contributed by atoms with van der Waals surface area (Å²) in [5, 5.41) is 9.85. The molecule has 3 rings (SSSR count). The molecule has 0 heterocycles. The molecule has 3 aromatic rings. The number of thiol groups is 1. The van der Waals surface area contributed by atoms with Gasteiger partial charge in [-0.3, -0.25) is 0 Å². The molecular weight excluding hydrogens is 300 g/mol. The van der Waals surface area contributed by atoms with Gasteiger partial charge in [-0.15, -0.1) is 0 Å². The van der Waals surface area contributed by atoms with E-state index in [1.165, 1.54) is 16.7 Å². The second-order valence-corrected chi connectivity index (χ2v) is 6.37. The lowest BCUT2D eigenvalue weighted by Gasteiger charge is -2.19. The normalized spacial score (nSPS) is 12.1. The van der Waals surface area contributed by atoms with Crippen molar-refractivity contribution in [3.8, 4) is 16.9 Å². The molecule has 0 radical (unpaired) electrons. The quantitative estimate of drug-likeness (QED) is 0.594. The van der Waals surface area contributed by atoms with Gasteiger partial charge in [0.2, 0.25) is 0 Å². The zero-order chi connectivity index (χ0) is 16.4. The largest absolute Gasteiger partial charge is 0.508 e. The fourth-order valence-electron chi connectivity index (χ4n) is 2.90. The van der Waals surface area contributed by atoms with Crippen LogP contribution in [0.5, 0.6) is 5.75 Å². The van der Waals surface area contributed by atoms with Crippen molar-refractivity contribution in [2.75, 3.05) is 0 Å². The van der Waals surface area contributed by atoms with Crippen LogP contribution < -0.4 is 0 Å². The second kappa shape index (κ2) is 6.51. The highest BCUT2D eigenvalue weighted by Crippen LogP contribution is 2.38. The summed E-state index contributed by atoms with van der Waals surface area (Å²) in [5.74, 6) is 0.336. The molecule has 1 nitrogen and oxygen atoms in total. The van der Waals surface area contributed by atoms with Crippen LogP contribution >= 0.6 is 12.6 Å². The fraction of sp³-hybridized carbons (Fsp3) is 0.143. The molecule has 0 aliphatic carbocycles. The molecule has 0 amide bonds. The number of phenolic OH excluding ortho intramolecular Hbond substituents is 1. The van der Waals surface area contributed by atoms with Crippen molar-refractivity contribution in [2.45, 2.75) is 19.1 Å². The van der Waals surface area contributed by atoms with Crippen LogP contribution in [-0.2, 0) is 0 Å². The van der Waals surface area contributed by atoms with Crippen molar-refractivity contribution < 1.29 is 5.11 Å². The highest BCUT2D eigenvalue weighted by molar-refractivity contribution is 7.80. The van der Waals surface area contributed by atoms with E-state index in [1.54, 1.807) is 0 Å². The van der Waals surface area contributed by atoms with E-state index < -0.39 is 0 Å². The van der Waals surface area contributed by atoms with Crippen LogP contribution in [0.4, 0.5) is 0 Å².